The maximum Gasteiger partial charge on any atom is 0.239 e. The predicted octanol–water partition coefficient (Wildman–Crippen LogP) is 2.98. The van der Waals surface area contributed by atoms with Gasteiger partial charge in [0, 0.05) is 6.54 Å². The number of rotatable bonds is 4. The number of benzene rings is 1. The number of aromatic nitrogens is 2. The summed E-state index contributed by atoms with van der Waals surface area (Å²) < 4.78 is 31.5. The molecule has 0 unspecified atom stereocenters. The van der Waals surface area contributed by atoms with Crippen molar-refractivity contribution < 1.29 is 13.5 Å². The zero-order chi connectivity index (χ0) is 13.0. The van der Waals surface area contributed by atoms with E-state index in [2.05, 4.69) is 15.3 Å². The second-order valence-corrected chi connectivity index (χ2v) is 3.43. The maximum atomic E-state index is 13.4. The van der Waals surface area contributed by atoms with Crippen LogP contribution in [0.25, 0.3) is 0 Å². The van der Waals surface area contributed by atoms with Gasteiger partial charge >= 0.3 is 0 Å². The highest BCUT2D eigenvalue weighted by molar-refractivity contribution is 5.35. The molecular weight excluding hydrogens is 240 g/mol. The average Bonchev–Trinajstić information content (AvgIpc) is 2.36. The number of ether oxygens (including phenoxy) is 1. The summed E-state index contributed by atoms with van der Waals surface area (Å²) in [4.78, 5) is 7.93. The Labute approximate surface area is 103 Å². The maximum absolute atomic E-state index is 13.4. The van der Waals surface area contributed by atoms with Gasteiger partial charge in [0.1, 0.15) is 5.82 Å². The van der Waals surface area contributed by atoms with E-state index in [9.17, 15) is 8.78 Å². The van der Waals surface area contributed by atoms with E-state index in [-0.39, 0.29) is 11.6 Å². The van der Waals surface area contributed by atoms with Crippen molar-refractivity contribution in [1.82, 2.24) is 9.97 Å². The normalized spacial score (nSPS) is 10.2. The van der Waals surface area contributed by atoms with Crippen molar-refractivity contribution in [3.8, 4) is 11.6 Å². The molecule has 0 fully saturated rings. The number of anilines is 1. The van der Waals surface area contributed by atoms with Crippen LogP contribution in [-0.4, -0.2) is 16.5 Å². The van der Waals surface area contributed by atoms with Crippen LogP contribution in [-0.2, 0) is 0 Å². The SMILES string of the molecule is CCNc1cncc(Oc2cccc(F)c2F)n1. The molecule has 2 rings (SSSR count). The van der Waals surface area contributed by atoms with E-state index in [0.29, 0.717) is 12.4 Å². The Hall–Kier alpha value is -2.24. The van der Waals surface area contributed by atoms with Crippen molar-refractivity contribution in [2.45, 2.75) is 6.92 Å². The molecule has 1 heterocycles. The molecule has 0 amide bonds. The largest absolute Gasteiger partial charge is 0.434 e. The summed E-state index contributed by atoms with van der Waals surface area (Å²) in [6.07, 6.45) is 2.84. The second kappa shape index (κ2) is 5.39. The molecule has 0 atom stereocenters. The van der Waals surface area contributed by atoms with Gasteiger partial charge in [0.2, 0.25) is 11.7 Å². The fourth-order valence-electron chi connectivity index (χ4n) is 1.34. The molecule has 0 bridgehead atoms. The fraction of sp³-hybridized carbons (Fsp3) is 0.167. The molecule has 0 saturated carbocycles. The van der Waals surface area contributed by atoms with Crippen LogP contribution in [0, 0.1) is 11.6 Å². The van der Waals surface area contributed by atoms with Gasteiger partial charge < -0.3 is 10.1 Å². The summed E-state index contributed by atoms with van der Waals surface area (Å²) in [6, 6.07) is 3.69. The van der Waals surface area contributed by atoms with E-state index < -0.39 is 11.6 Å². The molecule has 0 aliphatic heterocycles. The van der Waals surface area contributed by atoms with Crippen molar-refractivity contribution >= 4 is 5.82 Å². The van der Waals surface area contributed by atoms with Crippen LogP contribution >= 0.6 is 0 Å². The molecule has 94 valence electrons. The summed E-state index contributed by atoms with van der Waals surface area (Å²) in [5, 5.41) is 2.94. The first kappa shape index (κ1) is 12.2. The summed E-state index contributed by atoms with van der Waals surface area (Å²) in [6.45, 7) is 2.58. The first-order valence-corrected chi connectivity index (χ1v) is 5.38. The van der Waals surface area contributed by atoms with Crippen LogP contribution in [0.3, 0.4) is 0 Å². The molecule has 1 aromatic heterocycles. The van der Waals surface area contributed by atoms with Crippen LogP contribution in [0.2, 0.25) is 0 Å². The average molecular weight is 251 g/mol. The summed E-state index contributed by atoms with van der Waals surface area (Å²) in [7, 11) is 0. The lowest BCUT2D eigenvalue weighted by Gasteiger charge is -2.07. The Morgan fingerprint density at radius 1 is 1.28 bits per heavy atom. The van der Waals surface area contributed by atoms with Crippen LogP contribution in [0.4, 0.5) is 14.6 Å². The van der Waals surface area contributed by atoms with Crippen LogP contribution < -0.4 is 10.1 Å². The van der Waals surface area contributed by atoms with Crippen molar-refractivity contribution in [1.29, 1.82) is 0 Å². The Balaban J connectivity index is 2.23. The van der Waals surface area contributed by atoms with Gasteiger partial charge in [-0.25, -0.2) is 4.39 Å². The van der Waals surface area contributed by atoms with Gasteiger partial charge in [0.05, 0.1) is 12.4 Å². The molecule has 1 N–H and O–H groups in total. The molecule has 0 saturated heterocycles. The third-order valence-electron chi connectivity index (χ3n) is 2.10. The molecule has 0 spiro atoms. The Morgan fingerprint density at radius 2 is 2.11 bits per heavy atom. The van der Waals surface area contributed by atoms with Gasteiger partial charge in [-0.3, -0.25) is 4.98 Å². The Bertz CT molecular complexity index is 549. The minimum atomic E-state index is -1.05. The molecule has 0 radical (unpaired) electrons. The Kier molecular flexibility index (Phi) is 3.66. The molecule has 0 aliphatic carbocycles. The van der Waals surface area contributed by atoms with E-state index >= 15 is 0 Å². The number of hydrogen-bond donors (Lipinski definition) is 1. The third-order valence-corrected chi connectivity index (χ3v) is 2.10. The summed E-state index contributed by atoms with van der Waals surface area (Å²) in [5.41, 5.74) is 0. The highest BCUT2D eigenvalue weighted by Crippen LogP contribution is 2.24. The highest BCUT2D eigenvalue weighted by atomic mass is 19.2. The minimum Gasteiger partial charge on any atom is -0.434 e. The lowest BCUT2D eigenvalue weighted by molar-refractivity contribution is 0.404. The molecule has 2 aromatic rings. The Morgan fingerprint density at radius 3 is 2.89 bits per heavy atom. The number of nitrogens with one attached hydrogen (secondary N) is 1. The van der Waals surface area contributed by atoms with Gasteiger partial charge in [-0.05, 0) is 19.1 Å². The van der Waals surface area contributed by atoms with E-state index in [0.717, 1.165) is 6.07 Å². The van der Waals surface area contributed by atoms with Crippen LogP contribution in [0.15, 0.2) is 30.6 Å². The van der Waals surface area contributed by atoms with E-state index in [4.69, 9.17) is 4.74 Å². The van der Waals surface area contributed by atoms with Gasteiger partial charge in [0.15, 0.2) is 11.6 Å². The summed E-state index contributed by atoms with van der Waals surface area (Å²) in [5.74, 6) is -1.64. The molecule has 6 heteroatoms. The lowest BCUT2D eigenvalue weighted by Crippen LogP contribution is -2.01. The van der Waals surface area contributed by atoms with Crippen LogP contribution in [0.1, 0.15) is 6.92 Å². The van der Waals surface area contributed by atoms with Crippen molar-refractivity contribution in [2.24, 2.45) is 0 Å². The van der Waals surface area contributed by atoms with Crippen molar-refractivity contribution in [2.75, 3.05) is 11.9 Å². The molecule has 0 aliphatic rings. The molecule has 1 aromatic carbocycles. The molecule has 4 nitrogen and oxygen atoms in total. The molecular formula is C12H11F2N3O. The standard InChI is InChI=1S/C12H11F2N3O/c1-2-16-10-6-15-7-11(17-10)18-9-5-3-4-8(13)12(9)14/h3-7H,2H2,1H3,(H,16,17). The fourth-order valence-corrected chi connectivity index (χ4v) is 1.34. The minimum absolute atomic E-state index is 0.0953. The van der Waals surface area contributed by atoms with E-state index in [1.54, 1.807) is 0 Å². The number of halogens is 2. The van der Waals surface area contributed by atoms with Crippen molar-refractivity contribution in [3.05, 3.63) is 42.2 Å². The van der Waals surface area contributed by atoms with Gasteiger partial charge in [0.25, 0.3) is 0 Å². The van der Waals surface area contributed by atoms with E-state index in [1.807, 2.05) is 6.92 Å². The van der Waals surface area contributed by atoms with Crippen molar-refractivity contribution in [3.63, 3.8) is 0 Å². The monoisotopic (exact) mass is 251 g/mol. The van der Waals surface area contributed by atoms with Gasteiger partial charge in [-0.2, -0.15) is 9.37 Å². The topological polar surface area (TPSA) is 47.0 Å². The quantitative estimate of drug-likeness (QED) is 0.907. The zero-order valence-electron chi connectivity index (χ0n) is 9.65. The first-order valence-electron chi connectivity index (χ1n) is 5.38. The van der Waals surface area contributed by atoms with Gasteiger partial charge in [-0.1, -0.05) is 6.07 Å². The lowest BCUT2D eigenvalue weighted by atomic mass is 10.3. The van der Waals surface area contributed by atoms with Gasteiger partial charge in [-0.15, -0.1) is 0 Å². The zero-order valence-corrected chi connectivity index (χ0v) is 9.65. The number of hydrogen-bond acceptors (Lipinski definition) is 4. The number of nitrogens with zero attached hydrogens (tertiary/aromatic N) is 2. The predicted molar refractivity (Wildman–Crippen MR) is 62.6 cm³/mol. The third kappa shape index (κ3) is 2.71. The van der Waals surface area contributed by atoms with E-state index in [1.165, 1.54) is 24.5 Å². The van der Waals surface area contributed by atoms with Crippen LogP contribution in [0.5, 0.6) is 11.6 Å². The summed E-state index contributed by atoms with van der Waals surface area (Å²) >= 11 is 0. The smallest absolute Gasteiger partial charge is 0.239 e. The first-order chi connectivity index (χ1) is 8.70. The second-order valence-electron chi connectivity index (χ2n) is 3.43. The highest BCUT2D eigenvalue weighted by Gasteiger charge is 2.10. The molecule has 18 heavy (non-hydrogen) atoms.